The zero-order chi connectivity index (χ0) is 14.3. The lowest BCUT2D eigenvalue weighted by Crippen LogP contribution is -2.52. The van der Waals surface area contributed by atoms with E-state index < -0.39 is 5.54 Å². The molecule has 0 aliphatic heterocycles. The van der Waals surface area contributed by atoms with Crippen LogP contribution in [0.3, 0.4) is 0 Å². The highest BCUT2D eigenvalue weighted by molar-refractivity contribution is 5.85. The Morgan fingerprint density at radius 3 is 2.58 bits per heavy atom. The van der Waals surface area contributed by atoms with E-state index in [1.807, 2.05) is 37.3 Å². The number of rotatable bonds is 7. The molecule has 1 amide bonds. The molecule has 1 aromatic rings. The molecule has 4 nitrogen and oxygen atoms in total. The number of benzene rings is 1. The molecule has 0 aliphatic carbocycles. The summed E-state index contributed by atoms with van der Waals surface area (Å²) < 4.78 is 0. The first-order chi connectivity index (χ1) is 9.01. The fourth-order valence-corrected chi connectivity index (χ4v) is 2.06. The number of hydrogen-bond donors (Lipinski definition) is 3. The van der Waals surface area contributed by atoms with Gasteiger partial charge in [0, 0.05) is 12.5 Å². The molecule has 19 heavy (non-hydrogen) atoms. The van der Waals surface area contributed by atoms with E-state index in [9.17, 15) is 9.90 Å². The van der Waals surface area contributed by atoms with Gasteiger partial charge in [0.15, 0.2) is 0 Å². The Balaban J connectivity index is 2.57. The van der Waals surface area contributed by atoms with Crippen molar-refractivity contribution in [3.8, 4) is 0 Å². The summed E-state index contributed by atoms with van der Waals surface area (Å²) in [6.07, 6.45) is 1.51. The van der Waals surface area contributed by atoms with Gasteiger partial charge in [0.2, 0.25) is 5.91 Å². The number of hydrogen-bond acceptors (Lipinski definition) is 3. The third kappa shape index (κ3) is 4.65. The number of nitrogens with one attached hydrogen (secondary N) is 1. The van der Waals surface area contributed by atoms with Crippen LogP contribution in [0.25, 0.3) is 0 Å². The number of amides is 1. The highest BCUT2D eigenvalue weighted by atomic mass is 16.3. The number of carbonyl (C=O) groups excluding carboxylic acids is 1. The molecule has 106 valence electrons. The molecule has 1 aromatic carbocycles. The first kappa shape index (κ1) is 15.7. The summed E-state index contributed by atoms with van der Waals surface area (Å²) in [6, 6.07) is 9.66. The van der Waals surface area contributed by atoms with E-state index in [1.165, 1.54) is 0 Å². The van der Waals surface area contributed by atoms with E-state index in [2.05, 4.69) is 5.32 Å². The summed E-state index contributed by atoms with van der Waals surface area (Å²) >= 11 is 0. The standard InChI is InChI=1S/C15H24N2O2/c1-3-9-15(2,16)14(19)17-10-13(11-18)12-7-5-4-6-8-12/h4-8,13,18H,3,9-11,16H2,1-2H3,(H,17,19). The Morgan fingerprint density at radius 1 is 1.42 bits per heavy atom. The number of aliphatic hydroxyl groups is 1. The molecule has 0 aromatic heterocycles. The molecule has 0 radical (unpaired) electrons. The molecule has 4 heteroatoms. The lowest BCUT2D eigenvalue weighted by Gasteiger charge is -2.24. The Hall–Kier alpha value is -1.39. The second-order valence-corrected chi connectivity index (χ2v) is 5.17. The van der Waals surface area contributed by atoms with Gasteiger partial charge in [0.25, 0.3) is 0 Å². The second kappa shape index (κ2) is 7.26. The SMILES string of the molecule is CCCC(C)(N)C(=O)NCC(CO)c1ccccc1. The zero-order valence-corrected chi connectivity index (χ0v) is 11.7. The third-order valence-electron chi connectivity index (χ3n) is 3.29. The summed E-state index contributed by atoms with van der Waals surface area (Å²) in [5.41, 5.74) is 6.13. The van der Waals surface area contributed by atoms with Gasteiger partial charge in [-0.3, -0.25) is 4.79 Å². The number of aliphatic hydroxyl groups excluding tert-OH is 1. The Labute approximate surface area is 115 Å². The Morgan fingerprint density at radius 2 is 2.05 bits per heavy atom. The van der Waals surface area contributed by atoms with Crippen molar-refractivity contribution in [2.24, 2.45) is 5.73 Å². The second-order valence-electron chi connectivity index (χ2n) is 5.17. The van der Waals surface area contributed by atoms with Crippen LogP contribution in [0.4, 0.5) is 0 Å². The summed E-state index contributed by atoms with van der Waals surface area (Å²) in [5.74, 6) is -0.258. The maximum atomic E-state index is 12.0. The van der Waals surface area contributed by atoms with Gasteiger partial charge in [-0.2, -0.15) is 0 Å². The van der Waals surface area contributed by atoms with Crippen molar-refractivity contribution in [2.45, 2.75) is 38.1 Å². The summed E-state index contributed by atoms with van der Waals surface area (Å²) in [6.45, 7) is 4.14. The van der Waals surface area contributed by atoms with Crippen LogP contribution in [0, 0.1) is 0 Å². The van der Waals surface area contributed by atoms with Crippen molar-refractivity contribution in [1.29, 1.82) is 0 Å². The van der Waals surface area contributed by atoms with Crippen LogP contribution in [0.15, 0.2) is 30.3 Å². The molecular formula is C15H24N2O2. The smallest absolute Gasteiger partial charge is 0.239 e. The number of carbonyl (C=O) groups is 1. The number of nitrogens with two attached hydrogens (primary N) is 1. The van der Waals surface area contributed by atoms with Crippen molar-refractivity contribution >= 4 is 5.91 Å². The minimum absolute atomic E-state index is 0.000638. The van der Waals surface area contributed by atoms with Crippen LogP contribution < -0.4 is 11.1 Å². The monoisotopic (exact) mass is 264 g/mol. The quantitative estimate of drug-likeness (QED) is 0.696. The molecule has 0 heterocycles. The maximum absolute atomic E-state index is 12.0. The van der Waals surface area contributed by atoms with Gasteiger partial charge in [-0.15, -0.1) is 0 Å². The van der Waals surface area contributed by atoms with E-state index in [0.717, 1.165) is 12.0 Å². The summed E-state index contributed by atoms with van der Waals surface area (Å²) in [4.78, 5) is 12.0. The van der Waals surface area contributed by atoms with E-state index in [0.29, 0.717) is 13.0 Å². The molecule has 4 N–H and O–H groups in total. The van der Waals surface area contributed by atoms with Crippen LogP contribution in [0.5, 0.6) is 0 Å². The van der Waals surface area contributed by atoms with Crippen LogP contribution in [0.1, 0.15) is 38.2 Å². The lowest BCUT2D eigenvalue weighted by atomic mass is 9.95. The maximum Gasteiger partial charge on any atom is 0.239 e. The molecular weight excluding hydrogens is 240 g/mol. The van der Waals surface area contributed by atoms with Gasteiger partial charge < -0.3 is 16.2 Å². The Kier molecular flexibility index (Phi) is 5.99. The normalized spacial score (nSPS) is 15.6. The molecule has 2 atom stereocenters. The topological polar surface area (TPSA) is 75.4 Å². The lowest BCUT2D eigenvalue weighted by molar-refractivity contribution is -0.126. The fraction of sp³-hybridized carbons (Fsp3) is 0.533. The molecule has 0 spiro atoms. The van der Waals surface area contributed by atoms with E-state index >= 15 is 0 Å². The average molecular weight is 264 g/mol. The van der Waals surface area contributed by atoms with Crippen LogP contribution in [0.2, 0.25) is 0 Å². The van der Waals surface area contributed by atoms with Crippen LogP contribution in [-0.2, 0) is 4.79 Å². The predicted octanol–water partition coefficient (Wildman–Crippen LogP) is 1.40. The van der Waals surface area contributed by atoms with Gasteiger partial charge in [-0.25, -0.2) is 0 Å². The van der Waals surface area contributed by atoms with Crippen molar-refractivity contribution in [3.05, 3.63) is 35.9 Å². The van der Waals surface area contributed by atoms with E-state index in [4.69, 9.17) is 5.73 Å². The first-order valence-corrected chi connectivity index (χ1v) is 6.74. The zero-order valence-electron chi connectivity index (χ0n) is 11.7. The molecule has 1 rings (SSSR count). The first-order valence-electron chi connectivity index (χ1n) is 6.74. The van der Waals surface area contributed by atoms with Crippen LogP contribution >= 0.6 is 0 Å². The van der Waals surface area contributed by atoms with Gasteiger partial charge >= 0.3 is 0 Å². The van der Waals surface area contributed by atoms with Crippen molar-refractivity contribution in [1.82, 2.24) is 5.32 Å². The van der Waals surface area contributed by atoms with Gasteiger partial charge in [-0.05, 0) is 18.9 Å². The fourth-order valence-electron chi connectivity index (χ4n) is 2.06. The highest BCUT2D eigenvalue weighted by Gasteiger charge is 2.27. The van der Waals surface area contributed by atoms with E-state index in [-0.39, 0.29) is 18.4 Å². The molecule has 0 saturated carbocycles. The molecule has 0 fully saturated rings. The van der Waals surface area contributed by atoms with Gasteiger partial charge in [0.1, 0.15) is 0 Å². The van der Waals surface area contributed by atoms with Crippen molar-refractivity contribution in [2.75, 3.05) is 13.2 Å². The molecule has 0 bridgehead atoms. The molecule has 2 unspecified atom stereocenters. The minimum Gasteiger partial charge on any atom is -0.396 e. The molecule has 0 saturated heterocycles. The average Bonchev–Trinajstić information content (AvgIpc) is 2.40. The predicted molar refractivity (Wildman–Crippen MR) is 76.8 cm³/mol. The Bertz CT molecular complexity index is 390. The van der Waals surface area contributed by atoms with Crippen molar-refractivity contribution in [3.63, 3.8) is 0 Å². The largest absolute Gasteiger partial charge is 0.396 e. The van der Waals surface area contributed by atoms with Gasteiger partial charge in [-0.1, -0.05) is 43.7 Å². The highest BCUT2D eigenvalue weighted by Crippen LogP contribution is 2.14. The molecule has 0 aliphatic rings. The van der Waals surface area contributed by atoms with Crippen molar-refractivity contribution < 1.29 is 9.90 Å². The summed E-state index contributed by atoms with van der Waals surface area (Å²) in [5, 5.41) is 12.2. The third-order valence-corrected chi connectivity index (χ3v) is 3.29. The van der Waals surface area contributed by atoms with Gasteiger partial charge in [0.05, 0.1) is 12.1 Å². The van der Waals surface area contributed by atoms with Crippen LogP contribution in [-0.4, -0.2) is 29.7 Å². The minimum atomic E-state index is -0.842. The summed E-state index contributed by atoms with van der Waals surface area (Å²) in [7, 11) is 0. The van der Waals surface area contributed by atoms with E-state index in [1.54, 1.807) is 6.92 Å².